The zero-order valence-corrected chi connectivity index (χ0v) is 15.6. The summed E-state index contributed by atoms with van der Waals surface area (Å²) in [5.74, 6) is 0.676. The van der Waals surface area contributed by atoms with E-state index in [0.717, 1.165) is 22.4 Å². The Bertz CT molecular complexity index is 913. The van der Waals surface area contributed by atoms with Gasteiger partial charge in [0, 0.05) is 22.5 Å². The van der Waals surface area contributed by atoms with Gasteiger partial charge in [0.05, 0.1) is 17.8 Å². The molecule has 1 amide bonds. The van der Waals surface area contributed by atoms with E-state index in [-0.39, 0.29) is 18.0 Å². The van der Waals surface area contributed by atoms with E-state index in [1.807, 2.05) is 56.6 Å². The third kappa shape index (κ3) is 3.87. The van der Waals surface area contributed by atoms with Crippen molar-refractivity contribution in [3.63, 3.8) is 0 Å². The number of carbonyl (C=O) groups is 1. The quantitative estimate of drug-likeness (QED) is 0.716. The summed E-state index contributed by atoms with van der Waals surface area (Å²) in [7, 11) is 0. The molecule has 132 valence electrons. The molecule has 0 unspecified atom stereocenters. The number of nitrogens with one attached hydrogen (secondary N) is 1. The molecule has 0 radical (unpaired) electrons. The van der Waals surface area contributed by atoms with Crippen molar-refractivity contribution in [2.75, 3.05) is 0 Å². The number of furan rings is 1. The molecule has 0 bridgehead atoms. The van der Waals surface area contributed by atoms with Crippen molar-refractivity contribution in [3.05, 3.63) is 52.5 Å². The first kappa shape index (κ1) is 17.5. The number of rotatable bonds is 5. The number of hydrogen-bond donors (Lipinski definition) is 1. The van der Waals surface area contributed by atoms with Crippen molar-refractivity contribution < 1.29 is 9.21 Å². The van der Waals surface area contributed by atoms with E-state index in [9.17, 15) is 4.79 Å². The number of aromatic nitrogens is 2. The van der Waals surface area contributed by atoms with Gasteiger partial charge in [-0.1, -0.05) is 11.6 Å². The van der Waals surface area contributed by atoms with Gasteiger partial charge in [0.1, 0.15) is 11.3 Å². The minimum atomic E-state index is -0.216. The van der Waals surface area contributed by atoms with Crippen molar-refractivity contribution in [1.82, 2.24) is 15.1 Å². The zero-order chi connectivity index (χ0) is 18.1. The van der Waals surface area contributed by atoms with Gasteiger partial charge in [0.15, 0.2) is 0 Å². The van der Waals surface area contributed by atoms with Gasteiger partial charge in [0.25, 0.3) is 0 Å². The van der Waals surface area contributed by atoms with Crippen LogP contribution >= 0.6 is 11.6 Å². The largest absolute Gasteiger partial charge is 0.459 e. The highest BCUT2D eigenvalue weighted by molar-refractivity contribution is 6.31. The smallest absolute Gasteiger partial charge is 0.222 e. The van der Waals surface area contributed by atoms with Crippen molar-refractivity contribution in [2.45, 2.75) is 46.2 Å². The normalized spacial score (nSPS) is 13.8. The molecule has 0 saturated carbocycles. The van der Waals surface area contributed by atoms with Crippen LogP contribution in [0.25, 0.3) is 11.0 Å². The van der Waals surface area contributed by atoms with E-state index >= 15 is 0 Å². The second-order valence-electron chi connectivity index (χ2n) is 6.54. The Morgan fingerprint density at radius 1 is 1.28 bits per heavy atom. The molecule has 5 nitrogen and oxygen atoms in total. The molecule has 1 aromatic carbocycles. The van der Waals surface area contributed by atoms with Crippen molar-refractivity contribution in [2.24, 2.45) is 0 Å². The van der Waals surface area contributed by atoms with Crippen molar-refractivity contribution >= 4 is 28.5 Å². The van der Waals surface area contributed by atoms with Crippen molar-refractivity contribution in [1.29, 1.82) is 0 Å². The zero-order valence-electron chi connectivity index (χ0n) is 14.8. The highest BCUT2D eigenvalue weighted by atomic mass is 35.5. The minimum Gasteiger partial charge on any atom is -0.459 e. The maximum absolute atomic E-state index is 12.4. The molecule has 1 N–H and O–H groups in total. The van der Waals surface area contributed by atoms with Crippen LogP contribution in [0.3, 0.4) is 0 Å². The minimum absolute atomic E-state index is 0.00428. The number of fused-ring (bicyclic) bond motifs is 1. The Balaban J connectivity index is 1.66. The first-order valence-corrected chi connectivity index (χ1v) is 8.72. The van der Waals surface area contributed by atoms with Gasteiger partial charge in [0.2, 0.25) is 5.91 Å². The van der Waals surface area contributed by atoms with Crippen LogP contribution in [-0.4, -0.2) is 15.7 Å². The molecule has 0 spiro atoms. The molecule has 0 aliphatic heterocycles. The summed E-state index contributed by atoms with van der Waals surface area (Å²) < 4.78 is 7.70. The lowest BCUT2D eigenvalue weighted by Crippen LogP contribution is -2.28. The number of amides is 1. The van der Waals surface area contributed by atoms with Crippen LogP contribution in [0.15, 0.2) is 34.7 Å². The topological polar surface area (TPSA) is 60.1 Å². The molecule has 2 aromatic heterocycles. The van der Waals surface area contributed by atoms with Crippen molar-refractivity contribution in [3.8, 4) is 0 Å². The Morgan fingerprint density at radius 2 is 2.04 bits per heavy atom. The standard InChI is InChI=1S/C19H22ClN3O2/c1-11-7-12(2)23(22-11)13(3)8-19(24)21-14(4)18-10-15-9-16(20)5-6-17(15)25-18/h5-7,9-10,13-14H,8H2,1-4H3,(H,21,24)/t13-,14-/m1/s1. The number of aryl methyl sites for hydroxylation is 2. The summed E-state index contributed by atoms with van der Waals surface area (Å²) in [5, 5.41) is 9.03. The average molecular weight is 360 g/mol. The summed E-state index contributed by atoms with van der Waals surface area (Å²) in [4.78, 5) is 12.4. The van der Waals surface area contributed by atoms with E-state index in [1.165, 1.54) is 0 Å². The summed E-state index contributed by atoms with van der Waals surface area (Å²) in [6.45, 7) is 7.85. The molecule has 0 fully saturated rings. The molecule has 0 aliphatic rings. The second-order valence-corrected chi connectivity index (χ2v) is 6.98. The molecule has 25 heavy (non-hydrogen) atoms. The summed E-state index contributed by atoms with van der Waals surface area (Å²) >= 11 is 6.00. The Labute approximate surface area is 152 Å². The molecule has 3 aromatic rings. The van der Waals surface area contributed by atoms with Gasteiger partial charge in [-0.15, -0.1) is 0 Å². The van der Waals surface area contributed by atoms with E-state index in [4.69, 9.17) is 16.0 Å². The molecule has 0 aliphatic carbocycles. The fraction of sp³-hybridized carbons (Fsp3) is 0.368. The van der Waals surface area contributed by atoms with Gasteiger partial charge in [-0.25, -0.2) is 0 Å². The van der Waals surface area contributed by atoms with Crippen LogP contribution in [0, 0.1) is 13.8 Å². The van der Waals surface area contributed by atoms with Gasteiger partial charge >= 0.3 is 0 Å². The monoisotopic (exact) mass is 359 g/mol. The molecule has 2 heterocycles. The highest BCUT2D eigenvalue weighted by Crippen LogP contribution is 2.26. The number of benzene rings is 1. The van der Waals surface area contributed by atoms with Gasteiger partial charge in [-0.2, -0.15) is 5.10 Å². The van der Waals surface area contributed by atoms with Gasteiger partial charge < -0.3 is 9.73 Å². The summed E-state index contributed by atoms with van der Waals surface area (Å²) in [5.41, 5.74) is 2.77. The SMILES string of the molecule is Cc1cc(C)n([C@H](C)CC(=O)N[C@H](C)c2cc3cc(Cl)ccc3o2)n1. The number of hydrogen-bond acceptors (Lipinski definition) is 3. The number of halogens is 1. The lowest BCUT2D eigenvalue weighted by molar-refractivity contribution is -0.122. The molecule has 2 atom stereocenters. The fourth-order valence-corrected chi connectivity index (χ4v) is 3.25. The van der Waals surface area contributed by atoms with E-state index < -0.39 is 0 Å². The van der Waals surface area contributed by atoms with Crippen LogP contribution in [0.1, 0.15) is 49.5 Å². The van der Waals surface area contributed by atoms with Gasteiger partial charge in [-0.05, 0) is 58.0 Å². The molecular weight excluding hydrogens is 338 g/mol. The maximum atomic E-state index is 12.4. The Morgan fingerprint density at radius 3 is 2.72 bits per heavy atom. The number of nitrogens with zero attached hydrogens (tertiary/aromatic N) is 2. The maximum Gasteiger partial charge on any atom is 0.222 e. The number of carbonyl (C=O) groups excluding carboxylic acids is 1. The first-order chi connectivity index (χ1) is 11.8. The first-order valence-electron chi connectivity index (χ1n) is 8.34. The summed E-state index contributed by atoms with van der Waals surface area (Å²) in [6, 6.07) is 9.18. The molecular formula is C19H22ClN3O2. The molecule has 6 heteroatoms. The predicted octanol–water partition coefficient (Wildman–Crippen LogP) is 4.73. The predicted molar refractivity (Wildman–Crippen MR) is 98.8 cm³/mol. The van der Waals surface area contributed by atoms with E-state index in [2.05, 4.69) is 10.4 Å². The lowest BCUT2D eigenvalue weighted by Gasteiger charge is -2.16. The Kier molecular flexibility index (Phi) is 4.86. The average Bonchev–Trinajstić information content (AvgIpc) is 3.09. The third-order valence-electron chi connectivity index (χ3n) is 4.24. The highest BCUT2D eigenvalue weighted by Gasteiger charge is 2.18. The van der Waals surface area contributed by atoms with Crippen LogP contribution in [-0.2, 0) is 4.79 Å². The lowest BCUT2D eigenvalue weighted by atomic mass is 10.2. The van der Waals surface area contributed by atoms with Crippen LogP contribution < -0.4 is 5.32 Å². The van der Waals surface area contributed by atoms with E-state index in [0.29, 0.717) is 17.2 Å². The van der Waals surface area contributed by atoms with Crippen LogP contribution in [0.5, 0.6) is 0 Å². The Hall–Kier alpha value is -2.27. The molecule has 3 rings (SSSR count). The fourth-order valence-electron chi connectivity index (χ4n) is 3.07. The summed E-state index contributed by atoms with van der Waals surface area (Å²) in [6.07, 6.45) is 0.359. The van der Waals surface area contributed by atoms with E-state index in [1.54, 1.807) is 6.07 Å². The van der Waals surface area contributed by atoms with Gasteiger partial charge in [-0.3, -0.25) is 9.48 Å². The second kappa shape index (κ2) is 6.92. The molecule has 0 saturated heterocycles. The van der Waals surface area contributed by atoms with Crippen LogP contribution in [0.2, 0.25) is 5.02 Å². The van der Waals surface area contributed by atoms with Crippen LogP contribution in [0.4, 0.5) is 0 Å². The third-order valence-corrected chi connectivity index (χ3v) is 4.48.